The highest BCUT2D eigenvalue weighted by Gasteiger charge is 2.23. The molecule has 0 aliphatic carbocycles. The maximum absolute atomic E-state index is 4.52. The van der Waals surface area contributed by atoms with Gasteiger partial charge in [-0.1, -0.05) is 13.0 Å². The molecule has 0 aliphatic heterocycles. The van der Waals surface area contributed by atoms with Crippen molar-refractivity contribution in [1.29, 1.82) is 0 Å². The van der Waals surface area contributed by atoms with Crippen molar-refractivity contribution in [2.75, 3.05) is 6.54 Å². The molecule has 2 N–H and O–H groups in total. The zero-order valence-corrected chi connectivity index (χ0v) is 10.6. The van der Waals surface area contributed by atoms with E-state index < -0.39 is 0 Å². The minimum absolute atomic E-state index is 0.169. The summed E-state index contributed by atoms with van der Waals surface area (Å²) >= 11 is 1.65. The van der Waals surface area contributed by atoms with Gasteiger partial charge < -0.3 is 5.32 Å². The van der Waals surface area contributed by atoms with Crippen LogP contribution >= 0.6 is 11.3 Å². The summed E-state index contributed by atoms with van der Waals surface area (Å²) in [6, 6.07) is 4.03. The number of nitrogens with zero attached hydrogens (tertiary/aromatic N) is 2. The predicted molar refractivity (Wildman–Crippen MR) is 66.4 cm³/mol. The molecule has 2 aromatic heterocycles. The number of H-pyrrole nitrogens is 1. The van der Waals surface area contributed by atoms with Gasteiger partial charge >= 0.3 is 0 Å². The lowest BCUT2D eigenvalue weighted by Crippen LogP contribution is -2.37. The zero-order valence-electron chi connectivity index (χ0n) is 9.74. The van der Waals surface area contributed by atoms with Crippen LogP contribution in [0.25, 0.3) is 10.7 Å². The fourth-order valence-corrected chi connectivity index (χ4v) is 2.24. The largest absolute Gasteiger partial charge is 0.306 e. The highest BCUT2D eigenvalue weighted by molar-refractivity contribution is 7.13. The first kappa shape index (κ1) is 11.3. The van der Waals surface area contributed by atoms with Crippen molar-refractivity contribution in [1.82, 2.24) is 20.5 Å². The number of aromatic nitrogens is 3. The number of hydrogen-bond donors (Lipinski definition) is 2. The Kier molecular flexibility index (Phi) is 3.07. The third-order valence-corrected chi connectivity index (χ3v) is 3.30. The van der Waals surface area contributed by atoms with E-state index in [-0.39, 0.29) is 5.54 Å². The average molecular weight is 236 g/mol. The number of nitrogens with one attached hydrogen (secondary N) is 2. The quantitative estimate of drug-likeness (QED) is 0.857. The normalized spacial score (nSPS) is 11.9. The Hall–Kier alpha value is -1.20. The second-order valence-corrected chi connectivity index (χ2v) is 5.09. The topological polar surface area (TPSA) is 53.6 Å². The first-order chi connectivity index (χ1) is 7.63. The SMILES string of the molecule is CCNC(C)(C)c1nc(-c2cccs2)n[nH]1. The summed E-state index contributed by atoms with van der Waals surface area (Å²) in [5.74, 6) is 1.65. The highest BCUT2D eigenvalue weighted by atomic mass is 32.1. The lowest BCUT2D eigenvalue weighted by Gasteiger charge is -2.22. The Morgan fingerprint density at radius 1 is 1.50 bits per heavy atom. The molecule has 0 unspecified atom stereocenters. The van der Waals surface area contributed by atoms with E-state index in [1.807, 2.05) is 17.5 Å². The zero-order chi connectivity index (χ0) is 11.6. The molecule has 2 aromatic rings. The van der Waals surface area contributed by atoms with Gasteiger partial charge in [-0.15, -0.1) is 11.3 Å². The first-order valence-corrected chi connectivity index (χ1v) is 6.23. The molecule has 0 bridgehead atoms. The van der Waals surface area contributed by atoms with Crippen molar-refractivity contribution in [2.24, 2.45) is 0 Å². The molecule has 0 aliphatic rings. The van der Waals surface area contributed by atoms with E-state index in [9.17, 15) is 0 Å². The molecule has 0 saturated heterocycles. The van der Waals surface area contributed by atoms with Crippen molar-refractivity contribution in [3.8, 4) is 10.7 Å². The summed E-state index contributed by atoms with van der Waals surface area (Å²) in [4.78, 5) is 5.62. The fourth-order valence-electron chi connectivity index (χ4n) is 1.58. The number of aromatic amines is 1. The molecule has 5 heteroatoms. The molecule has 2 heterocycles. The number of hydrogen-bond acceptors (Lipinski definition) is 4. The summed E-state index contributed by atoms with van der Waals surface area (Å²) in [5.41, 5.74) is -0.169. The molecule has 0 spiro atoms. The minimum atomic E-state index is -0.169. The molecule has 4 nitrogen and oxygen atoms in total. The summed E-state index contributed by atoms with van der Waals surface area (Å²) in [6.45, 7) is 7.17. The highest BCUT2D eigenvalue weighted by Crippen LogP contribution is 2.23. The van der Waals surface area contributed by atoms with Crippen LogP contribution in [0.5, 0.6) is 0 Å². The second kappa shape index (κ2) is 4.35. The Morgan fingerprint density at radius 2 is 2.31 bits per heavy atom. The maximum atomic E-state index is 4.52. The Balaban J connectivity index is 2.26. The van der Waals surface area contributed by atoms with Crippen molar-refractivity contribution in [3.63, 3.8) is 0 Å². The van der Waals surface area contributed by atoms with Crippen molar-refractivity contribution in [3.05, 3.63) is 23.3 Å². The molecule has 0 fully saturated rings. The molecule has 0 saturated carbocycles. The van der Waals surface area contributed by atoms with Gasteiger partial charge in [0.15, 0.2) is 5.82 Å². The molecular weight excluding hydrogens is 220 g/mol. The molecule has 16 heavy (non-hydrogen) atoms. The monoisotopic (exact) mass is 236 g/mol. The van der Waals surface area contributed by atoms with Gasteiger partial charge in [0.05, 0.1) is 10.4 Å². The van der Waals surface area contributed by atoms with Crippen molar-refractivity contribution in [2.45, 2.75) is 26.3 Å². The van der Waals surface area contributed by atoms with Crippen LogP contribution < -0.4 is 5.32 Å². The number of rotatable bonds is 4. The van der Waals surface area contributed by atoms with Gasteiger partial charge in [0.2, 0.25) is 0 Å². The van der Waals surface area contributed by atoms with Gasteiger partial charge in [0, 0.05) is 0 Å². The first-order valence-electron chi connectivity index (χ1n) is 5.35. The summed E-state index contributed by atoms with van der Waals surface area (Å²) < 4.78 is 0. The van der Waals surface area contributed by atoms with Crippen LogP contribution in [-0.2, 0) is 5.54 Å². The van der Waals surface area contributed by atoms with Crippen LogP contribution in [-0.4, -0.2) is 21.7 Å². The van der Waals surface area contributed by atoms with E-state index in [2.05, 4.69) is 41.3 Å². The van der Waals surface area contributed by atoms with Gasteiger partial charge in [-0.3, -0.25) is 5.10 Å². The van der Waals surface area contributed by atoms with Crippen LogP contribution in [0.15, 0.2) is 17.5 Å². The third-order valence-electron chi connectivity index (χ3n) is 2.44. The lowest BCUT2D eigenvalue weighted by atomic mass is 10.1. The van der Waals surface area contributed by atoms with Crippen LogP contribution in [0.3, 0.4) is 0 Å². The Labute approximate surface area is 99.1 Å². The lowest BCUT2D eigenvalue weighted by molar-refractivity contribution is 0.392. The van der Waals surface area contributed by atoms with Crippen molar-refractivity contribution >= 4 is 11.3 Å². The summed E-state index contributed by atoms with van der Waals surface area (Å²) in [6.07, 6.45) is 0. The van der Waals surface area contributed by atoms with E-state index in [0.717, 1.165) is 23.1 Å². The van der Waals surface area contributed by atoms with E-state index in [1.54, 1.807) is 11.3 Å². The molecular formula is C11H16N4S. The molecule has 86 valence electrons. The predicted octanol–water partition coefficient (Wildman–Crippen LogP) is 2.38. The smallest absolute Gasteiger partial charge is 0.191 e. The van der Waals surface area contributed by atoms with Gasteiger partial charge in [0.25, 0.3) is 0 Å². The van der Waals surface area contributed by atoms with Gasteiger partial charge in [-0.05, 0) is 31.8 Å². The van der Waals surface area contributed by atoms with Gasteiger partial charge in [-0.25, -0.2) is 4.98 Å². The summed E-state index contributed by atoms with van der Waals surface area (Å²) in [7, 11) is 0. The summed E-state index contributed by atoms with van der Waals surface area (Å²) in [5, 5.41) is 12.6. The van der Waals surface area contributed by atoms with Crippen LogP contribution in [0.4, 0.5) is 0 Å². The fraction of sp³-hybridized carbons (Fsp3) is 0.455. The molecule has 0 atom stereocenters. The van der Waals surface area contributed by atoms with Gasteiger partial charge in [-0.2, -0.15) is 5.10 Å². The average Bonchev–Trinajstić information content (AvgIpc) is 2.89. The Bertz CT molecular complexity index is 444. The minimum Gasteiger partial charge on any atom is -0.306 e. The van der Waals surface area contributed by atoms with Crippen LogP contribution in [0.1, 0.15) is 26.6 Å². The third kappa shape index (κ3) is 2.15. The van der Waals surface area contributed by atoms with Crippen LogP contribution in [0.2, 0.25) is 0 Å². The Morgan fingerprint density at radius 3 is 2.94 bits per heavy atom. The van der Waals surface area contributed by atoms with Crippen LogP contribution in [0, 0.1) is 0 Å². The number of thiophene rings is 1. The molecule has 0 aromatic carbocycles. The molecule has 0 radical (unpaired) electrons. The standard InChI is InChI=1S/C11H16N4S/c1-4-12-11(2,3)10-13-9(14-15-10)8-6-5-7-16-8/h5-7,12H,4H2,1-3H3,(H,13,14,15). The van der Waals surface area contributed by atoms with E-state index in [4.69, 9.17) is 0 Å². The van der Waals surface area contributed by atoms with E-state index in [1.165, 1.54) is 0 Å². The van der Waals surface area contributed by atoms with E-state index in [0.29, 0.717) is 0 Å². The maximum Gasteiger partial charge on any atom is 0.191 e. The molecule has 2 rings (SSSR count). The van der Waals surface area contributed by atoms with E-state index >= 15 is 0 Å². The molecule has 0 amide bonds. The second-order valence-electron chi connectivity index (χ2n) is 4.14. The van der Waals surface area contributed by atoms with Crippen molar-refractivity contribution < 1.29 is 0 Å². The van der Waals surface area contributed by atoms with Gasteiger partial charge in [0.1, 0.15) is 5.82 Å².